The van der Waals surface area contributed by atoms with Gasteiger partial charge >= 0.3 is 0 Å². The normalized spacial score (nSPS) is 13.6. The van der Waals surface area contributed by atoms with E-state index in [9.17, 15) is 9.59 Å². The first-order valence-corrected chi connectivity index (χ1v) is 9.10. The topological polar surface area (TPSA) is 89.5 Å². The second-order valence-corrected chi connectivity index (χ2v) is 6.30. The van der Waals surface area contributed by atoms with E-state index in [-0.39, 0.29) is 24.8 Å². The number of ether oxygens (including phenoxy) is 3. The fourth-order valence-electron chi connectivity index (χ4n) is 3.01. The molecule has 0 saturated carbocycles. The second kappa shape index (κ2) is 9.09. The third-order valence-electron chi connectivity index (χ3n) is 4.47. The number of nitrogens with zero attached hydrogens (tertiary/aromatic N) is 2. The summed E-state index contributed by atoms with van der Waals surface area (Å²) in [4.78, 5) is 24.8. The number of rotatable bonds is 7. The van der Waals surface area contributed by atoms with E-state index < -0.39 is 0 Å². The number of methoxy groups -OCH3 is 3. The van der Waals surface area contributed by atoms with E-state index >= 15 is 0 Å². The third kappa shape index (κ3) is 4.48. The molecule has 0 radical (unpaired) electrons. The van der Waals surface area contributed by atoms with Gasteiger partial charge in [-0.25, -0.2) is 5.01 Å². The van der Waals surface area contributed by atoms with Gasteiger partial charge in [0.15, 0.2) is 11.5 Å². The molecule has 152 valence electrons. The Morgan fingerprint density at radius 1 is 1.03 bits per heavy atom. The highest BCUT2D eigenvalue weighted by Gasteiger charge is 2.25. The number of hydrogen-bond donors (Lipinski definition) is 1. The monoisotopic (exact) mass is 397 g/mol. The van der Waals surface area contributed by atoms with Crippen LogP contribution in [-0.2, 0) is 16.1 Å². The predicted molar refractivity (Wildman–Crippen MR) is 109 cm³/mol. The quantitative estimate of drug-likeness (QED) is 0.775. The van der Waals surface area contributed by atoms with Crippen molar-refractivity contribution < 1.29 is 23.8 Å². The number of carbonyl (C=O) groups is 2. The zero-order chi connectivity index (χ0) is 20.8. The van der Waals surface area contributed by atoms with Gasteiger partial charge < -0.3 is 19.5 Å². The molecule has 8 nitrogen and oxygen atoms in total. The number of carbonyl (C=O) groups excluding carboxylic acids is 2. The highest BCUT2D eigenvalue weighted by atomic mass is 16.5. The minimum absolute atomic E-state index is 0.141. The Kier molecular flexibility index (Phi) is 6.33. The van der Waals surface area contributed by atoms with Gasteiger partial charge in [0.2, 0.25) is 11.7 Å². The molecule has 0 fully saturated rings. The molecule has 0 saturated heterocycles. The van der Waals surface area contributed by atoms with Crippen LogP contribution in [0, 0.1) is 0 Å². The molecule has 0 bridgehead atoms. The van der Waals surface area contributed by atoms with Crippen molar-refractivity contribution in [1.82, 2.24) is 5.32 Å². The zero-order valence-electron chi connectivity index (χ0n) is 16.6. The lowest BCUT2D eigenvalue weighted by atomic mass is 10.1. The molecule has 1 N–H and O–H groups in total. The van der Waals surface area contributed by atoms with Gasteiger partial charge in [0.25, 0.3) is 5.91 Å². The van der Waals surface area contributed by atoms with Crippen molar-refractivity contribution in [2.45, 2.75) is 19.4 Å². The molecule has 0 aliphatic carbocycles. The van der Waals surface area contributed by atoms with Crippen LogP contribution in [-0.4, -0.2) is 38.9 Å². The minimum Gasteiger partial charge on any atom is -0.493 e. The van der Waals surface area contributed by atoms with Crippen LogP contribution in [0.4, 0.5) is 5.69 Å². The van der Waals surface area contributed by atoms with Crippen molar-refractivity contribution in [3.05, 3.63) is 48.0 Å². The first-order valence-electron chi connectivity index (χ1n) is 9.10. The number of nitrogens with one attached hydrogen (secondary N) is 1. The van der Waals surface area contributed by atoms with Crippen molar-refractivity contribution in [2.75, 3.05) is 26.3 Å². The summed E-state index contributed by atoms with van der Waals surface area (Å²) in [5.74, 6) is 1.03. The summed E-state index contributed by atoms with van der Waals surface area (Å²) in [6.45, 7) is 0.244. The van der Waals surface area contributed by atoms with E-state index in [1.807, 2.05) is 18.2 Å². The first kappa shape index (κ1) is 20.2. The lowest BCUT2D eigenvalue weighted by Gasteiger charge is -2.23. The number of hydrogen-bond acceptors (Lipinski definition) is 6. The number of amides is 2. The van der Waals surface area contributed by atoms with Gasteiger partial charge in [-0.15, -0.1) is 0 Å². The molecule has 0 atom stereocenters. The molecular formula is C21H23N3O5. The Balaban J connectivity index is 1.74. The van der Waals surface area contributed by atoms with Gasteiger partial charge in [0.05, 0.1) is 27.0 Å². The molecule has 2 amide bonds. The molecule has 1 aliphatic heterocycles. The lowest BCUT2D eigenvalue weighted by Crippen LogP contribution is -2.38. The molecule has 1 aliphatic rings. The SMILES string of the molecule is COc1cc(CNC(=O)C2=NN(c3ccccc3)C(=O)CC2)cc(OC)c1OC. The summed E-state index contributed by atoms with van der Waals surface area (Å²) in [7, 11) is 4.60. The van der Waals surface area contributed by atoms with Gasteiger partial charge in [0, 0.05) is 19.4 Å². The number of para-hydroxylation sites is 1. The number of benzene rings is 2. The van der Waals surface area contributed by atoms with Crippen molar-refractivity contribution in [1.29, 1.82) is 0 Å². The Bertz CT molecular complexity index is 902. The molecule has 1 heterocycles. The van der Waals surface area contributed by atoms with E-state index in [0.29, 0.717) is 35.1 Å². The van der Waals surface area contributed by atoms with E-state index in [4.69, 9.17) is 14.2 Å². The molecule has 8 heteroatoms. The van der Waals surface area contributed by atoms with Crippen LogP contribution < -0.4 is 24.5 Å². The van der Waals surface area contributed by atoms with Crippen molar-refractivity contribution in [2.24, 2.45) is 5.10 Å². The van der Waals surface area contributed by atoms with E-state index in [1.165, 1.54) is 26.3 Å². The predicted octanol–water partition coefficient (Wildman–Crippen LogP) is 2.51. The van der Waals surface area contributed by atoms with Crippen LogP contribution in [0.25, 0.3) is 0 Å². The smallest absolute Gasteiger partial charge is 0.267 e. The van der Waals surface area contributed by atoms with E-state index in [0.717, 1.165) is 5.56 Å². The fraction of sp³-hybridized carbons (Fsp3) is 0.286. The van der Waals surface area contributed by atoms with Crippen LogP contribution in [0.5, 0.6) is 17.2 Å². The average Bonchev–Trinajstić information content (AvgIpc) is 2.77. The summed E-state index contributed by atoms with van der Waals surface area (Å²) in [5.41, 5.74) is 1.72. The van der Waals surface area contributed by atoms with Gasteiger partial charge in [-0.1, -0.05) is 18.2 Å². The van der Waals surface area contributed by atoms with Crippen LogP contribution in [0.2, 0.25) is 0 Å². The summed E-state index contributed by atoms with van der Waals surface area (Å²) in [6.07, 6.45) is 0.522. The van der Waals surface area contributed by atoms with E-state index in [2.05, 4.69) is 10.4 Å². The molecule has 0 spiro atoms. The Morgan fingerprint density at radius 3 is 2.28 bits per heavy atom. The van der Waals surface area contributed by atoms with Crippen LogP contribution in [0.3, 0.4) is 0 Å². The first-order chi connectivity index (χ1) is 14.1. The summed E-state index contributed by atoms with van der Waals surface area (Å²) < 4.78 is 16.0. The van der Waals surface area contributed by atoms with Crippen LogP contribution in [0.15, 0.2) is 47.6 Å². The van der Waals surface area contributed by atoms with Gasteiger partial charge in [-0.2, -0.15) is 5.10 Å². The second-order valence-electron chi connectivity index (χ2n) is 6.30. The van der Waals surface area contributed by atoms with Crippen molar-refractivity contribution in [3.63, 3.8) is 0 Å². The van der Waals surface area contributed by atoms with Crippen LogP contribution >= 0.6 is 0 Å². The van der Waals surface area contributed by atoms with E-state index in [1.54, 1.807) is 24.3 Å². The minimum atomic E-state index is -0.327. The Morgan fingerprint density at radius 2 is 1.69 bits per heavy atom. The van der Waals surface area contributed by atoms with Gasteiger partial charge in [-0.3, -0.25) is 9.59 Å². The summed E-state index contributed by atoms with van der Waals surface area (Å²) in [6, 6.07) is 12.6. The molecule has 3 rings (SSSR count). The maximum atomic E-state index is 12.6. The molecule has 0 unspecified atom stereocenters. The summed E-state index contributed by atoms with van der Waals surface area (Å²) >= 11 is 0. The highest BCUT2D eigenvalue weighted by Crippen LogP contribution is 2.38. The lowest BCUT2D eigenvalue weighted by molar-refractivity contribution is -0.119. The van der Waals surface area contributed by atoms with Crippen molar-refractivity contribution >= 4 is 23.2 Å². The molecule has 2 aromatic rings. The maximum Gasteiger partial charge on any atom is 0.267 e. The van der Waals surface area contributed by atoms with Gasteiger partial charge in [-0.05, 0) is 29.8 Å². The molecule has 29 heavy (non-hydrogen) atoms. The number of anilines is 1. The standard InChI is InChI=1S/C21H23N3O5/c1-27-17-11-14(12-18(28-2)20(17)29-3)13-22-21(26)16-9-10-19(25)24(23-16)15-7-5-4-6-8-15/h4-8,11-12H,9-10,13H2,1-3H3,(H,22,26). The largest absolute Gasteiger partial charge is 0.493 e. The Labute approximate surface area is 169 Å². The fourth-order valence-corrected chi connectivity index (χ4v) is 3.01. The summed E-state index contributed by atoms with van der Waals surface area (Å²) in [5, 5.41) is 8.37. The Hall–Kier alpha value is -3.55. The molecular weight excluding hydrogens is 374 g/mol. The van der Waals surface area contributed by atoms with Gasteiger partial charge in [0.1, 0.15) is 5.71 Å². The number of hydrazone groups is 1. The average molecular weight is 397 g/mol. The highest BCUT2D eigenvalue weighted by molar-refractivity contribution is 6.40. The van der Waals surface area contributed by atoms with Crippen LogP contribution in [0.1, 0.15) is 18.4 Å². The zero-order valence-corrected chi connectivity index (χ0v) is 16.6. The molecule has 2 aromatic carbocycles. The molecule has 0 aromatic heterocycles. The maximum absolute atomic E-state index is 12.6. The van der Waals surface area contributed by atoms with Crippen molar-refractivity contribution in [3.8, 4) is 17.2 Å². The third-order valence-corrected chi connectivity index (χ3v) is 4.47.